The van der Waals surface area contributed by atoms with Crippen molar-refractivity contribution in [1.82, 2.24) is 5.32 Å². The zero-order valence-electron chi connectivity index (χ0n) is 8.99. The highest BCUT2D eigenvalue weighted by Gasteiger charge is 2.20. The van der Waals surface area contributed by atoms with Crippen molar-refractivity contribution < 1.29 is 9.60 Å². The van der Waals surface area contributed by atoms with E-state index < -0.39 is 0 Å². The highest BCUT2D eigenvalue weighted by atomic mass is 19.1. The van der Waals surface area contributed by atoms with Gasteiger partial charge in [0.1, 0.15) is 5.82 Å². The second-order valence-corrected chi connectivity index (χ2v) is 4.04. The van der Waals surface area contributed by atoms with Gasteiger partial charge in [0.15, 0.2) is 0 Å². The minimum absolute atomic E-state index is 0.212. The number of rotatable bonds is 2. The van der Waals surface area contributed by atoms with E-state index in [1.807, 2.05) is 0 Å². The van der Waals surface area contributed by atoms with Crippen molar-refractivity contribution in [3.63, 3.8) is 0 Å². The van der Waals surface area contributed by atoms with E-state index in [-0.39, 0.29) is 11.7 Å². The molecular formula is C12H15FN2O. The Kier molecular flexibility index (Phi) is 3.51. The maximum absolute atomic E-state index is 12.8. The summed E-state index contributed by atoms with van der Waals surface area (Å²) in [7, 11) is 0. The lowest BCUT2D eigenvalue weighted by Crippen LogP contribution is -2.34. The Hall–Kier alpha value is -1.42. The molecule has 1 fully saturated rings. The third-order valence-corrected chi connectivity index (χ3v) is 2.93. The molecule has 1 unspecified atom stereocenters. The van der Waals surface area contributed by atoms with Gasteiger partial charge < -0.3 is 10.5 Å². The maximum Gasteiger partial charge on any atom is 0.123 e. The standard InChI is InChI=1S/C12H15FN2O/c13-11-5-3-9(4-6-11)12(15-16)10-2-1-7-14-8-10/h3-6,10,14,16H,1-2,7-8H2/b15-12+. The van der Waals surface area contributed by atoms with Crippen molar-refractivity contribution in [3.05, 3.63) is 35.6 Å². The van der Waals surface area contributed by atoms with E-state index in [4.69, 9.17) is 5.21 Å². The first kappa shape index (κ1) is 11.1. The quantitative estimate of drug-likeness (QED) is 0.456. The average Bonchev–Trinajstić information content (AvgIpc) is 2.34. The number of nitrogens with zero attached hydrogens (tertiary/aromatic N) is 1. The van der Waals surface area contributed by atoms with Crippen LogP contribution in [0, 0.1) is 11.7 Å². The number of halogens is 1. The van der Waals surface area contributed by atoms with Crippen molar-refractivity contribution in [2.24, 2.45) is 11.1 Å². The summed E-state index contributed by atoms with van der Waals surface area (Å²) in [5.74, 6) is -0.0629. The molecule has 1 aliphatic heterocycles. The Bertz CT molecular complexity index is 369. The fourth-order valence-corrected chi connectivity index (χ4v) is 2.08. The van der Waals surface area contributed by atoms with E-state index in [1.165, 1.54) is 12.1 Å². The lowest BCUT2D eigenvalue weighted by atomic mass is 9.90. The van der Waals surface area contributed by atoms with Gasteiger partial charge in [-0.15, -0.1) is 0 Å². The molecule has 2 rings (SSSR count). The molecule has 0 bridgehead atoms. The summed E-state index contributed by atoms with van der Waals surface area (Å²) in [5, 5.41) is 15.7. The number of piperidine rings is 1. The summed E-state index contributed by atoms with van der Waals surface area (Å²) in [6, 6.07) is 6.07. The molecule has 1 atom stereocenters. The predicted molar refractivity (Wildman–Crippen MR) is 60.3 cm³/mol. The maximum atomic E-state index is 12.8. The molecule has 86 valence electrons. The van der Waals surface area contributed by atoms with Gasteiger partial charge in [0.25, 0.3) is 0 Å². The summed E-state index contributed by atoms with van der Waals surface area (Å²) in [4.78, 5) is 0. The highest BCUT2D eigenvalue weighted by Crippen LogP contribution is 2.17. The largest absolute Gasteiger partial charge is 0.411 e. The highest BCUT2D eigenvalue weighted by molar-refractivity contribution is 6.02. The van der Waals surface area contributed by atoms with E-state index in [0.717, 1.165) is 31.5 Å². The molecule has 1 heterocycles. The Balaban J connectivity index is 2.18. The molecule has 2 N–H and O–H groups in total. The van der Waals surface area contributed by atoms with Crippen LogP contribution in [0.2, 0.25) is 0 Å². The minimum atomic E-state index is -0.275. The Labute approximate surface area is 94.0 Å². The van der Waals surface area contributed by atoms with E-state index in [2.05, 4.69) is 10.5 Å². The van der Waals surface area contributed by atoms with E-state index >= 15 is 0 Å². The molecule has 1 aromatic rings. The third kappa shape index (κ3) is 2.39. The van der Waals surface area contributed by atoms with Gasteiger partial charge >= 0.3 is 0 Å². The summed E-state index contributed by atoms with van der Waals surface area (Å²) in [6.45, 7) is 1.83. The Morgan fingerprint density at radius 2 is 2.12 bits per heavy atom. The fraction of sp³-hybridized carbons (Fsp3) is 0.417. The van der Waals surface area contributed by atoms with Gasteiger partial charge in [0, 0.05) is 12.5 Å². The first-order valence-electron chi connectivity index (χ1n) is 5.50. The number of nitrogens with one attached hydrogen (secondary N) is 1. The second kappa shape index (κ2) is 5.07. The number of hydrogen-bond acceptors (Lipinski definition) is 3. The molecular weight excluding hydrogens is 207 g/mol. The van der Waals surface area contributed by atoms with Crippen molar-refractivity contribution in [2.75, 3.05) is 13.1 Å². The van der Waals surface area contributed by atoms with Gasteiger partial charge in [-0.25, -0.2) is 4.39 Å². The van der Waals surface area contributed by atoms with Gasteiger partial charge in [-0.05, 0) is 37.1 Å². The predicted octanol–water partition coefficient (Wildman–Crippen LogP) is 2.00. The number of hydrogen-bond donors (Lipinski definition) is 2. The Morgan fingerprint density at radius 3 is 2.69 bits per heavy atom. The van der Waals surface area contributed by atoms with Gasteiger partial charge in [0.2, 0.25) is 0 Å². The van der Waals surface area contributed by atoms with Crippen molar-refractivity contribution >= 4 is 5.71 Å². The van der Waals surface area contributed by atoms with Crippen LogP contribution >= 0.6 is 0 Å². The molecule has 0 radical (unpaired) electrons. The van der Waals surface area contributed by atoms with Gasteiger partial charge in [-0.2, -0.15) is 0 Å². The molecule has 0 aliphatic carbocycles. The van der Waals surface area contributed by atoms with Crippen LogP contribution in [0.5, 0.6) is 0 Å². The topological polar surface area (TPSA) is 44.6 Å². The molecule has 3 nitrogen and oxygen atoms in total. The van der Waals surface area contributed by atoms with Gasteiger partial charge in [0.05, 0.1) is 5.71 Å². The van der Waals surface area contributed by atoms with Crippen molar-refractivity contribution in [2.45, 2.75) is 12.8 Å². The summed E-state index contributed by atoms with van der Waals surface area (Å²) >= 11 is 0. The van der Waals surface area contributed by atoms with Crippen LogP contribution in [0.1, 0.15) is 18.4 Å². The van der Waals surface area contributed by atoms with Crippen molar-refractivity contribution in [3.8, 4) is 0 Å². The zero-order chi connectivity index (χ0) is 11.4. The fourth-order valence-electron chi connectivity index (χ4n) is 2.08. The summed E-state index contributed by atoms with van der Waals surface area (Å²) in [5.41, 5.74) is 1.44. The molecule has 1 saturated heterocycles. The molecule has 0 spiro atoms. The SMILES string of the molecule is O/N=C(\c1ccc(F)cc1)C1CCCNC1. The zero-order valence-corrected chi connectivity index (χ0v) is 8.99. The average molecular weight is 222 g/mol. The number of oxime groups is 1. The first-order valence-corrected chi connectivity index (χ1v) is 5.50. The summed E-state index contributed by atoms with van der Waals surface area (Å²) < 4.78 is 12.8. The summed E-state index contributed by atoms with van der Waals surface area (Å²) in [6.07, 6.45) is 2.08. The molecule has 0 saturated carbocycles. The van der Waals surface area contributed by atoms with Crippen molar-refractivity contribution in [1.29, 1.82) is 0 Å². The number of benzene rings is 1. The van der Waals surface area contributed by atoms with Gasteiger partial charge in [-0.3, -0.25) is 0 Å². The van der Waals surface area contributed by atoms with E-state index in [9.17, 15) is 4.39 Å². The minimum Gasteiger partial charge on any atom is -0.411 e. The third-order valence-electron chi connectivity index (χ3n) is 2.93. The molecule has 1 aromatic carbocycles. The molecule has 0 amide bonds. The lowest BCUT2D eigenvalue weighted by Gasteiger charge is -2.23. The van der Waals surface area contributed by atoms with E-state index in [1.54, 1.807) is 12.1 Å². The second-order valence-electron chi connectivity index (χ2n) is 4.04. The smallest absolute Gasteiger partial charge is 0.123 e. The molecule has 1 aliphatic rings. The van der Waals surface area contributed by atoms with Crippen LogP contribution in [-0.4, -0.2) is 24.0 Å². The van der Waals surface area contributed by atoms with E-state index in [0.29, 0.717) is 5.71 Å². The monoisotopic (exact) mass is 222 g/mol. The van der Waals surface area contributed by atoms with Gasteiger partial charge in [-0.1, -0.05) is 17.3 Å². The van der Waals surface area contributed by atoms with Crippen LogP contribution in [0.15, 0.2) is 29.4 Å². The Morgan fingerprint density at radius 1 is 1.38 bits per heavy atom. The van der Waals surface area contributed by atoms with Crippen LogP contribution in [-0.2, 0) is 0 Å². The lowest BCUT2D eigenvalue weighted by molar-refractivity contribution is 0.312. The normalized spacial score (nSPS) is 22.1. The van der Waals surface area contributed by atoms with Crippen LogP contribution < -0.4 is 5.32 Å². The first-order chi connectivity index (χ1) is 7.81. The molecule has 0 aromatic heterocycles. The van der Waals surface area contributed by atoms with Crippen LogP contribution in [0.4, 0.5) is 4.39 Å². The molecule has 16 heavy (non-hydrogen) atoms. The van der Waals surface area contributed by atoms with Crippen LogP contribution in [0.25, 0.3) is 0 Å². The molecule has 4 heteroatoms. The van der Waals surface area contributed by atoms with Crippen LogP contribution in [0.3, 0.4) is 0 Å².